The van der Waals surface area contributed by atoms with Gasteiger partial charge in [0.15, 0.2) is 0 Å². The van der Waals surface area contributed by atoms with Gasteiger partial charge in [0.2, 0.25) is 0 Å². The molecule has 142 valence electrons. The van der Waals surface area contributed by atoms with E-state index in [4.69, 9.17) is 4.74 Å². The Morgan fingerprint density at radius 1 is 1.07 bits per heavy atom. The standard InChI is InChI=1S/C23H28N2O2/c1-2-3-13-24-15-11-18(12-16-24)17-27-23(26)22-19-8-4-5-9-20(19)25-14-7-6-10-21(22)25/h4-10,14,18H,2-3,11-13,15-17H2,1H3. The molecular weight excluding hydrogens is 336 g/mol. The highest BCUT2D eigenvalue weighted by Crippen LogP contribution is 2.27. The van der Waals surface area contributed by atoms with Gasteiger partial charge in [-0.3, -0.25) is 0 Å². The van der Waals surface area contributed by atoms with Crippen LogP contribution >= 0.6 is 0 Å². The fraction of sp³-hybridized carbons (Fsp3) is 0.435. The van der Waals surface area contributed by atoms with Crippen LogP contribution in [0.4, 0.5) is 0 Å². The highest BCUT2D eigenvalue weighted by atomic mass is 16.5. The summed E-state index contributed by atoms with van der Waals surface area (Å²) in [5, 5.41) is 0.961. The molecule has 1 aliphatic heterocycles. The minimum Gasteiger partial charge on any atom is -0.462 e. The molecule has 0 bridgehead atoms. The van der Waals surface area contributed by atoms with Gasteiger partial charge in [-0.05, 0) is 63.0 Å². The number of benzene rings is 1. The second-order valence-corrected chi connectivity index (χ2v) is 7.59. The van der Waals surface area contributed by atoms with Gasteiger partial charge >= 0.3 is 5.97 Å². The molecule has 0 amide bonds. The highest BCUT2D eigenvalue weighted by Gasteiger charge is 2.23. The van der Waals surface area contributed by atoms with Crippen molar-refractivity contribution in [2.24, 2.45) is 5.92 Å². The van der Waals surface area contributed by atoms with Crippen molar-refractivity contribution >= 4 is 22.4 Å². The molecule has 3 heterocycles. The third-order valence-corrected chi connectivity index (χ3v) is 5.74. The van der Waals surface area contributed by atoms with Crippen molar-refractivity contribution in [3.63, 3.8) is 0 Å². The Morgan fingerprint density at radius 3 is 2.63 bits per heavy atom. The summed E-state index contributed by atoms with van der Waals surface area (Å²) in [4.78, 5) is 15.5. The molecule has 0 aliphatic carbocycles. The summed E-state index contributed by atoms with van der Waals surface area (Å²) in [6, 6.07) is 14.0. The van der Waals surface area contributed by atoms with Gasteiger partial charge in [-0.1, -0.05) is 37.6 Å². The van der Waals surface area contributed by atoms with Gasteiger partial charge in [0.25, 0.3) is 0 Å². The van der Waals surface area contributed by atoms with Crippen LogP contribution in [0.1, 0.15) is 43.0 Å². The fourth-order valence-electron chi connectivity index (χ4n) is 4.13. The maximum Gasteiger partial charge on any atom is 0.340 e. The lowest BCUT2D eigenvalue weighted by molar-refractivity contribution is 0.0376. The Kier molecular flexibility index (Phi) is 5.44. The molecule has 0 radical (unpaired) electrons. The quantitative estimate of drug-likeness (QED) is 0.591. The van der Waals surface area contributed by atoms with Gasteiger partial charge < -0.3 is 14.0 Å². The van der Waals surface area contributed by atoms with Crippen LogP contribution in [0.5, 0.6) is 0 Å². The summed E-state index contributed by atoms with van der Waals surface area (Å²) in [7, 11) is 0. The maximum atomic E-state index is 12.9. The number of carbonyl (C=O) groups is 1. The lowest BCUT2D eigenvalue weighted by atomic mass is 9.97. The second-order valence-electron chi connectivity index (χ2n) is 7.59. The van der Waals surface area contributed by atoms with Crippen LogP contribution in [0.2, 0.25) is 0 Å². The van der Waals surface area contributed by atoms with Crippen molar-refractivity contribution in [3.05, 3.63) is 54.2 Å². The largest absolute Gasteiger partial charge is 0.462 e. The lowest BCUT2D eigenvalue weighted by Crippen LogP contribution is -2.36. The molecule has 4 rings (SSSR count). The van der Waals surface area contributed by atoms with Crippen molar-refractivity contribution in [2.45, 2.75) is 32.6 Å². The number of likely N-dealkylation sites (tertiary alicyclic amines) is 1. The van der Waals surface area contributed by atoms with E-state index in [0.717, 1.165) is 42.4 Å². The summed E-state index contributed by atoms with van der Waals surface area (Å²) >= 11 is 0. The molecule has 1 saturated heterocycles. The summed E-state index contributed by atoms with van der Waals surface area (Å²) in [6.45, 7) is 6.22. The van der Waals surface area contributed by atoms with E-state index in [1.165, 1.54) is 19.4 Å². The molecule has 4 nitrogen and oxygen atoms in total. The molecule has 4 heteroatoms. The number of hydrogen-bond donors (Lipinski definition) is 0. The summed E-state index contributed by atoms with van der Waals surface area (Å²) in [5.41, 5.74) is 2.65. The Bertz CT molecular complexity index is 869. The van der Waals surface area contributed by atoms with E-state index in [1.54, 1.807) is 0 Å². The predicted molar refractivity (Wildman–Crippen MR) is 109 cm³/mol. The van der Waals surface area contributed by atoms with Gasteiger partial charge in [0.05, 0.1) is 23.2 Å². The van der Waals surface area contributed by atoms with Gasteiger partial charge in [-0.2, -0.15) is 0 Å². The van der Waals surface area contributed by atoms with Crippen molar-refractivity contribution in [1.29, 1.82) is 0 Å². The molecule has 27 heavy (non-hydrogen) atoms. The molecule has 2 aromatic heterocycles. The van der Waals surface area contributed by atoms with Crippen LogP contribution in [0.15, 0.2) is 48.7 Å². The summed E-state index contributed by atoms with van der Waals surface area (Å²) in [5.74, 6) is 0.278. The first-order valence-electron chi connectivity index (χ1n) is 10.1. The number of aromatic nitrogens is 1. The van der Waals surface area contributed by atoms with Crippen LogP contribution in [-0.4, -0.2) is 41.5 Å². The van der Waals surface area contributed by atoms with Crippen LogP contribution in [0.25, 0.3) is 16.4 Å². The fourth-order valence-corrected chi connectivity index (χ4v) is 4.13. The number of pyridine rings is 1. The predicted octanol–water partition coefficient (Wildman–Crippen LogP) is 4.76. The molecule has 1 aliphatic rings. The monoisotopic (exact) mass is 364 g/mol. The second kappa shape index (κ2) is 8.13. The first-order chi connectivity index (χ1) is 13.3. The molecule has 3 aromatic rings. The molecule has 0 unspecified atom stereocenters. The first kappa shape index (κ1) is 18.1. The van der Waals surface area contributed by atoms with E-state index in [-0.39, 0.29) is 5.97 Å². The zero-order valence-electron chi connectivity index (χ0n) is 16.1. The number of carbonyl (C=O) groups excluding carboxylic acids is 1. The number of unbranched alkanes of at least 4 members (excludes halogenated alkanes) is 1. The number of piperidine rings is 1. The topological polar surface area (TPSA) is 34.0 Å². The summed E-state index contributed by atoms with van der Waals surface area (Å²) < 4.78 is 7.86. The van der Waals surface area contributed by atoms with Gasteiger partial charge in [0, 0.05) is 11.6 Å². The molecule has 1 fully saturated rings. The Hall–Kier alpha value is -2.33. The number of hydrogen-bond acceptors (Lipinski definition) is 3. The SMILES string of the molecule is CCCCN1CCC(COC(=O)c2c3ccccc3n3ccccc23)CC1. The van der Waals surface area contributed by atoms with Gasteiger partial charge in [-0.15, -0.1) is 0 Å². The van der Waals surface area contributed by atoms with Crippen LogP contribution in [0.3, 0.4) is 0 Å². The van der Waals surface area contributed by atoms with E-state index in [9.17, 15) is 4.79 Å². The molecular formula is C23H28N2O2. The normalized spacial score (nSPS) is 16.2. The number of fused-ring (bicyclic) bond motifs is 3. The minimum atomic E-state index is -0.201. The number of rotatable bonds is 6. The average molecular weight is 364 g/mol. The zero-order chi connectivity index (χ0) is 18.6. The molecule has 0 atom stereocenters. The minimum absolute atomic E-state index is 0.201. The molecule has 0 spiro atoms. The first-order valence-corrected chi connectivity index (χ1v) is 10.1. The van der Waals surface area contributed by atoms with Crippen LogP contribution < -0.4 is 0 Å². The third kappa shape index (κ3) is 3.72. The van der Waals surface area contributed by atoms with E-state index in [1.807, 2.05) is 48.7 Å². The zero-order valence-corrected chi connectivity index (χ0v) is 16.1. The van der Waals surface area contributed by atoms with Crippen molar-refractivity contribution in [3.8, 4) is 0 Å². The maximum absolute atomic E-state index is 12.9. The van der Waals surface area contributed by atoms with Gasteiger partial charge in [-0.25, -0.2) is 4.79 Å². The van der Waals surface area contributed by atoms with Crippen molar-refractivity contribution in [2.75, 3.05) is 26.2 Å². The van der Waals surface area contributed by atoms with E-state index in [0.29, 0.717) is 18.1 Å². The number of para-hydroxylation sites is 1. The molecule has 1 aromatic carbocycles. The van der Waals surface area contributed by atoms with E-state index < -0.39 is 0 Å². The Balaban J connectivity index is 1.45. The smallest absolute Gasteiger partial charge is 0.340 e. The van der Waals surface area contributed by atoms with Crippen molar-refractivity contribution in [1.82, 2.24) is 9.30 Å². The number of ether oxygens (including phenoxy) is 1. The van der Waals surface area contributed by atoms with Gasteiger partial charge in [0.1, 0.15) is 0 Å². The van der Waals surface area contributed by atoms with Crippen LogP contribution in [-0.2, 0) is 4.74 Å². The third-order valence-electron chi connectivity index (χ3n) is 5.74. The van der Waals surface area contributed by atoms with Crippen LogP contribution in [0, 0.1) is 5.92 Å². The van der Waals surface area contributed by atoms with E-state index >= 15 is 0 Å². The highest BCUT2D eigenvalue weighted by molar-refractivity contribution is 6.11. The average Bonchev–Trinajstić information content (AvgIpc) is 3.06. The number of nitrogens with zero attached hydrogens (tertiary/aromatic N) is 2. The number of esters is 1. The summed E-state index contributed by atoms with van der Waals surface area (Å²) in [6.07, 6.45) is 6.76. The molecule has 0 saturated carbocycles. The molecule has 0 N–H and O–H groups in total. The Morgan fingerprint density at radius 2 is 1.81 bits per heavy atom. The Labute approximate surface area is 160 Å². The van der Waals surface area contributed by atoms with E-state index in [2.05, 4.69) is 16.2 Å². The lowest BCUT2D eigenvalue weighted by Gasteiger charge is -2.31. The van der Waals surface area contributed by atoms with Crippen molar-refractivity contribution < 1.29 is 9.53 Å².